The Labute approximate surface area is 99.5 Å². The number of carbonyl (C=O) groups excluding carboxylic acids is 2. The van der Waals surface area contributed by atoms with E-state index in [9.17, 15) is 9.59 Å². The van der Waals surface area contributed by atoms with Crippen molar-refractivity contribution in [2.24, 2.45) is 0 Å². The quantitative estimate of drug-likeness (QED) is 0.630. The number of hydrogen-bond donors (Lipinski definition) is 1. The van der Waals surface area contributed by atoms with Gasteiger partial charge in [0, 0.05) is 5.69 Å². The van der Waals surface area contributed by atoms with Gasteiger partial charge in [0.05, 0.1) is 12.2 Å². The van der Waals surface area contributed by atoms with Gasteiger partial charge in [0.25, 0.3) is 0 Å². The third kappa shape index (κ3) is 3.48. The third-order valence-electron chi connectivity index (χ3n) is 2.14. The number of esters is 2. The lowest BCUT2D eigenvalue weighted by atomic mass is 10.1. The Balaban J connectivity index is 2.68. The van der Waals surface area contributed by atoms with Gasteiger partial charge < -0.3 is 15.2 Å². The third-order valence-corrected chi connectivity index (χ3v) is 2.14. The predicted molar refractivity (Wildman–Crippen MR) is 62.5 cm³/mol. The molecule has 1 rings (SSSR count). The van der Waals surface area contributed by atoms with Crippen LogP contribution in [0.4, 0.5) is 5.69 Å². The number of nitrogen functional groups attached to an aromatic ring is 1. The molecule has 0 atom stereocenters. The molecule has 17 heavy (non-hydrogen) atoms. The van der Waals surface area contributed by atoms with Crippen molar-refractivity contribution >= 4 is 17.6 Å². The monoisotopic (exact) mass is 237 g/mol. The molecule has 2 N–H and O–H groups in total. The first-order valence-corrected chi connectivity index (χ1v) is 5.24. The number of aryl methyl sites for hydroxylation is 1. The van der Waals surface area contributed by atoms with Gasteiger partial charge in [0.15, 0.2) is 6.61 Å². The average Bonchev–Trinajstić information content (AvgIpc) is 2.26. The lowest BCUT2D eigenvalue weighted by molar-refractivity contribution is -0.146. The summed E-state index contributed by atoms with van der Waals surface area (Å²) in [6, 6.07) is 5.10. The molecule has 0 radical (unpaired) electrons. The molecule has 0 unspecified atom stereocenters. The van der Waals surface area contributed by atoms with Crippen LogP contribution in [0.5, 0.6) is 0 Å². The zero-order valence-electron chi connectivity index (χ0n) is 9.86. The molecule has 0 aromatic heterocycles. The van der Waals surface area contributed by atoms with Gasteiger partial charge in [0.1, 0.15) is 0 Å². The molecular weight excluding hydrogens is 222 g/mol. The summed E-state index contributed by atoms with van der Waals surface area (Å²) in [6.45, 7) is 3.28. The molecule has 0 heterocycles. The highest BCUT2D eigenvalue weighted by Gasteiger charge is 2.15. The van der Waals surface area contributed by atoms with Gasteiger partial charge in [-0.15, -0.1) is 0 Å². The van der Waals surface area contributed by atoms with Crippen LogP contribution in [0, 0.1) is 6.92 Å². The van der Waals surface area contributed by atoms with E-state index < -0.39 is 18.5 Å². The largest absolute Gasteiger partial charge is 0.463 e. The lowest BCUT2D eigenvalue weighted by Gasteiger charge is -2.08. The van der Waals surface area contributed by atoms with Crippen molar-refractivity contribution in [3.05, 3.63) is 29.3 Å². The Morgan fingerprint density at radius 1 is 1.29 bits per heavy atom. The van der Waals surface area contributed by atoms with E-state index in [4.69, 9.17) is 10.5 Å². The molecule has 0 bridgehead atoms. The molecule has 0 aliphatic heterocycles. The van der Waals surface area contributed by atoms with Crippen LogP contribution in [0.2, 0.25) is 0 Å². The van der Waals surface area contributed by atoms with Crippen molar-refractivity contribution < 1.29 is 19.1 Å². The van der Waals surface area contributed by atoms with Crippen molar-refractivity contribution in [2.75, 3.05) is 18.9 Å². The number of benzene rings is 1. The summed E-state index contributed by atoms with van der Waals surface area (Å²) >= 11 is 0. The Morgan fingerprint density at radius 3 is 2.59 bits per heavy atom. The van der Waals surface area contributed by atoms with Crippen LogP contribution in [0.15, 0.2) is 18.2 Å². The maximum Gasteiger partial charge on any atom is 0.344 e. The lowest BCUT2D eigenvalue weighted by Crippen LogP contribution is -2.18. The van der Waals surface area contributed by atoms with Gasteiger partial charge in [-0.1, -0.05) is 12.1 Å². The minimum absolute atomic E-state index is 0.253. The molecule has 0 spiro atoms. The summed E-state index contributed by atoms with van der Waals surface area (Å²) in [5.74, 6) is -1.19. The maximum atomic E-state index is 11.7. The number of anilines is 1. The first-order valence-electron chi connectivity index (χ1n) is 5.24. The minimum atomic E-state index is -0.617. The SMILES string of the molecule is CCOC(=O)COC(=O)c1c(C)cccc1N. The first kappa shape index (κ1) is 13.0. The van der Waals surface area contributed by atoms with Gasteiger partial charge in [-0.2, -0.15) is 0 Å². The highest BCUT2D eigenvalue weighted by Crippen LogP contribution is 2.17. The van der Waals surface area contributed by atoms with Crippen LogP contribution in [0.1, 0.15) is 22.8 Å². The summed E-state index contributed by atoms with van der Waals surface area (Å²) < 4.78 is 9.45. The standard InChI is InChI=1S/C12H15NO4/c1-3-16-10(14)7-17-12(15)11-8(2)5-4-6-9(11)13/h4-6H,3,7,13H2,1-2H3. The van der Waals surface area contributed by atoms with Crippen LogP contribution >= 0.6 is 0 Å². The molecule has 1 aromatic rings. The number of hydrogen-bond acceptors (Lipinski definition) is 5. The second-order valence-electron chi connectivity index (χ2n) is 3.42. The Bertz CT molecular complexity index is 408. The van der Waals surface area contributed by atoms with Crippen molar-refractivity contribution in [1.82, 2.24) is 0 Å². The molecule has 0 aliphatic carbocycles. The van der Waals surface area contributed by atoms with Gasteiger partial charge in [-0.3, -0.25) is 0 Å². The molecule has 1 aromatic carbocycles. The number of nitrogens with two attached hydrogens (primary N) is 1. The number of rotatable bonds is 4. The van der Waals surface area contributed by atoms with E-state index in [1.807, 2.05) is 0 Å². The summed E-state index contributed by atoms with van der Waals surface area (Å²) in [5, 5.41) is 0. The molecule has 5 heteroatoms. The van der Waals surface area contributed by atoms with Crippen LogP contribution in [-0.2, 0) is 14.3 Å². The summed E-state index contributed by atoms with van der Waals surface area (Å²) in [6.07, 6.45) is 0. The summed E-state index contributed by atoms with van der Waals surface area (Å²) in [5.41, 5.74) is 7.00. The van der Waals surface area contributed by atoms with Gasteiger partial charge in [-0.05, 0) is 25.5 Å². The molecule has 0 fully saturated rings. The fourth-order valence-electron chi connectivity index (χ4n) is 1.37. The Morgan fingerprint density at radius 2 is 2.00 bits per heavy atom. The fourth-order valence-corrected chi connectivity index (χ4v) is 1.37. The van der Waals surface area contributed by atoms with E-state index in [1.54, 1.807) is 32.0 Å². The van der Waals surface area contributed by atoms with Crippen LogP contribution in [0.3, 0.4) is 0 Å². The van der Waals surface area contributed by atoms with E-state index in [0.717, 1.165) is 0 Å². The minimum Gasteiger partial charge on any atom is -0.463 e. The first-order chi connectivity index (χ1) is 8.06. The zero-order valence-corrected chi connectivity index (χ0v) is 9.86. The zero-order chi connectivity index (χ0) is 12.8. The summed E-state index contributed by atoms with van der Waals surface area (Å²) in [7, 11) is 0. The van der Waals surface area contributed by atoms with Crippen molar-refractivity contribution in [3.8, 4) is 0 Å². The number of carbonyl (C=O) groups is 2. The molecule has 0 saturated heterocycles. The molecule has 92 valence electrons. The molecule has 0 saturated carbocycles. The molecule has 0 aliphatic rings. The van der Waals surface area contributed by atoms with Crippen LogP contribution in [-0.4, -0.2) is 25.2 Å². The van der Waals surface area contributed by atoms with Crippen LogP contribution in [0.25, 0.3) is 0 Å². The highest BCUT2D eigenvalue weighted by molar-refractivity contribution is 5.97. The topological polar surface area (TPSA) is 78.6 Å². The smallest absolute Gasteiger partial charge is 0.344 e. The maximum absolute atomic E-state index is 11.7. The highest BCUT2D eigenvalue weighted by atomic mass is 16.6. The van der Waals surface area contributed by atoms with Crippen LogP contribution < -0.4 is 5.73 Å². The van der Waals surface area contributed by atoms with Crippen molar-refractivity contribution in [2.45, 2.75) is 13.8 Å². The summed E-state index contributed by atoms with van der Waals surface area (Å²) in [4.78, 5) is 22.7. The van der Waals surface area contributed by atoms with Crippen molar-refractivity contribution in [1.29, 1.82) is 0 Å². The van der Waals surface area contributed by atoms with E-state index >= 15 is 0 Å². The number of ether oxygens (including phenoxy) is 2. The Kier molecular flexibility index (Phi) is 4.51. The van der Waals surface area contributed by atoms with Crippen molar-refractivity contribution in [3.63, 3.8) is 0 Å². The van der Waals surface area contributed by atoms with E-state index in [-0.39, 0.29) is 12.2 Å². The predicted octanol–water partition coefficient (Wildman–Crippen LogP) is 1.30. The second kappa shape index (κ2) is 5.89. The van der Waals surface area contributed by atoms with Gasteiger partial charge in [-0.25, -0.2) is 9.59 Å². The van der Waals surface area contributed by atoms with E-state index in [0.29, 0.717) is 11.3 Å². The molecule has 0 amide bonds. The second-order valence-corrected chi connectivity index (χ2v) is 3.42. The normalized spacial score (nSPS) is 9.76. The average molecular weight is 237 g/mol. The van der Waals surface area contributed by atoms with Gasteiger partial charge >= 0.3 is 11.9 Å². The molecule has 5 nitrogen and oxygen atoms in total. The van der Waals surface area contributed by atoms with Gasteiger partial charge in [0.2, 0.25) is 0 Å². The molecular formula is C12H15NO4. The fraction of sp³-hybridized carbons (Fsp3) is 0.333. The van der Waals surface area contributed by atoms with E-state index in [1.165, 1.54) is 0 Å². The van der Waals surface area contributed by atoms with E-state index in [2.05, 4.69) is 4.74 Å². The Hall–Kier alpha value is -2.04.